The van der Waals surface area contributed by atoms with Gasteiger partial charge >= 0.3 is 0 Å². The summed E-state index contributed by atoms with van der Waals surface area (Å²) in [5.41, 5.74) is 3.28. The van der Waals surface area contributed by atoms with Crippen LogP contribution in [0.25, 0.3) is 0 Å². The van der Waals surface area contributed by atoms with Crippen molar-refractivity contribution in [1.82, 2.24) is 21.1 Å². The van der Waals surface area contributed by atoms with Crippen LogP contribution in [0.15, 0.2) is 0 Å². The average Bonchev–Trinajstić information content (AvgIpc) is 2.44. The number of rotatable bonds is 1. The number of carbonyl (C=O) groups excluding carboxylic acids is 1. The number of fused-ring (bicyclic) bond motifs is 1. The molecule has 3 atom stereocenters. The maximum absolute atomic E-state index is 11.7. The minimum atomic E-state index is -0.00755. The Morgan fingerprint density at radius 3 is 2.80 bits per heavy atom. The van der Waals surface area contributed by atoms with E-state index in [2.05, 4.69) is 16.1 Å². The summed E-state index contributed by atoms with van der Waals surface area (Å²) >= 11 is 0. The second-order valence-corrected chi connectivity index (χ2v) is 4.90. The fraction of sp³-hybridized carbons (Fsp3) is 0.900. The highest BCUT2D eigenvalue weighted by Gasteiger charge is 2.42. The summed E-state index contributed by atoms with van der Waals surface area (Å²) in [5, 5.41) is 8.54. The molecule has 0 aromatic heterocycles. The van der Waals surface area contributed by atoms with Crippen LogP contribution in [-0.4, -0.2) is 29.4 Å². The molecule has 0 radical (unpaired) electrons. The fourth-order valence-electron chi connectivity index (χ4n) is 2.55. The number of hydrazine groups is 1. The molecular formula is C10H18N4O. The lowest BCUT2D eigenvalue weighted by Crippen LogP contribution is -2.60. The molecule has 0 spiro atoms. The maximum Gasteiger partial charge on any atom is 0.240 e. The van der Waals surface area contributed by atoms with Crippen molar-refractivity contribution in [2.24, 2.45) is 5.92 Å². The summed E-state index contributed by atoms with van der Waals surface area (Å²) in [6, 6.07) is 0.271. The Balaban J connectivity index is 1.69. The number of amides is 1. The molecule has 3 fully saturated rings. The molecule has 5 nitrogen and oxygen atoms in total. The van der Waals surface area contributed by atoms with E-state index in [1.807, 2.05) is 6.92 Å². The number of nitrogens with one attached hydrogen (secondary N) is 3. The average molecular weight is 210 g/mol. The van der Waals surface area contributed by atoms with Crippen molar-refractivity contribution in [2.75, 3.05) is 0 Å². The molecule has 3 N–H and O–H groups in total. The Kier molecular flexibility index (Phi) is 2.19. The zero-order chi connectivity index (χ0) is 10.4. The largest absolute Gasteiger partial charge is 0.281 e. The SMILES string of the molecule is CC1CC(=O)N2NC(C3CCC3)NC2N1. The topological polar surface area (TPSA) is 56.4 Å². The Morgan fingerprint density at radius 1 is 1.33 bits per heavy atom. The molecule has 84 valence electrons. The molecule has 3 aliphatic rings. The number of nitrogens with zero attached hydrogens (tertiary/aromatic N) is 1. The third-order valence-electron chi connectivity index (χ3n) is 3.69. The summed E-state index contributed by atoms with van der Waals surface area (Å²) < 4.78 is 0. The van der Waals surface area contributed by atoms with E-state index in [1.165, 1.54) is 19.3 Å². The Morgan fingerprint density at radius 2 is 2.13 bits per heavy atom. The van der Waals surface area contributed by atoms with E-state index in [4.69, 9.17) is 0 Å². The van der Waals surface area contributed by atoms with E-state index in [0.29, 0.717) is 12.3 Å². The Labute approximate surface area is 89.5 Å². The van der Waals surface area contributed by atoms with Gasteiger partial charge in [-0.2, -0.15) is 0 Å². The quantitative estimate of drug-likeness (QED) is 0.557. The number of carbonyl (C=O) groups is 1. The van der Waals surface area contributed by atoms with E-state index in [9.17, 15) is 4.79 Å². The molecule has 5 heteroatoms. The summed E-state index contributed by atoms with van der Waals surface area (Å²) in [6.45, 7) is 2.05. The zero-order valence-corrected chi connectivity index (χ0v) is 8.99. The molecule has 15 heavy (non-hydrogen) atoms. The lowest BCUT2D eigenvalue weighted by Gasteiger charge is -2.32. The molecule has 1 amide bonds. The van der Waals surface area contributed by atoms with Crippen LogP contribution in [0, 0.1) is 5.92 Å². The Bertz CT molecular complexity index is 279. The molecule has 0 aromatic rings. The smallest absolute Gasteiger partial charge is 0.240 e. The van der Waals surface area contributed by atoms with Gasteiger partial charge < -0.3 is 0 Å². The van der Waals surface area contributed by atoms with Crippen LogP contribution in [0.1, 0.15) is 32.6 Å². The standard InChI is InChI=1S/C10H18N4O/c1-6-5-8(15)14-10(11-6)12-9(13-14)7-3-2-4-7/h6-7,9-13H,2-5H2,1H3. The van der Waals surface area contributed by atoms with E-state index in [1.54, 1.807) is 5.01 Å². The van der Waals surface area contributed by atoms with Crippen LogP contribution >= 0.6 is 0 Å². The fourth-order valence-corrected chi connectivity index (χ4v) is 2.55. The van der Waals surface area contributed by atoms with E-state index in [0.717, 1.165) is 0 Å². The molecule has 1 saturated carbocycles. The van der Waals surface area contributed by atoms with Crippen molar-refractivity contribution >= 4 is 5.91 Å². The Hall–Kier alpha value is -0.650. The van der Waals surface area contributed by atoms with E-state index < -0.39 is 0 Å². The third kappa shape index (κ3) is 1.55. The van der Waals surface area contributed by atoms with Gasteiger partial charge in [0.05, 0.1) is 6.17 Å². The first kappa shape index (κ1) is 9.57. The molecule has 0 aromatic carbocycles. The van der Waals surface area contributed by atoms with E-state index in [-0.39, 0.29) is 24.4 Å². The van der Waals surface area contributed by atoms with Crippen LogP contribution in [0.3, 0.4) is 0 Å². The van der Waals surface area contributed by atoms with Crippen LogP contribution in [0.5, 0.6) is 0 Å². The normalized spacial score (nSPS) is 41.5. The molecule has 2 aliphatic heterocycles. The first-order valence-electron chi connectivity index (χ1n) is 5.84. The van der Waals surface area contributed by atoms with Crippen molar-refractivity contribution < 1.29 is 4.79 Å². The van der Waals surface area contributed by atoms with Gasteiger partial charge in [0.25, 0.3) is 0 Å². The third-order valence-corrected chi connectivity index (χ3v) is 3.69. The summed E-state index contributed by atoms with van der Waals surface area (Å²) in [7, 11) is 0. The zero-order valence-electron chi connectivity index (χ0n) is 8.99. The lowest BCUT2D eigenvalue weighted by molar-refractivity contribution is -0.140. The van der Waals surface area contributed by atoms with Crippen molar-refractivity contribution in [2.45, 2.75) is 51.1 Å². The van der Waals surface area contributed by atoms with Crippen LogP contribution in [-0.2, 0) is 4.79 Å². The highest BCUT2D eigenvalue weighted by Crippen LogP contribution is 2.31. The monoisotopic (exact) mass is 210 g/mol. The first-order valence-corrected chi connectivity index (χ1v) is 5.84. The van der Waals surface area contributed by atoms with E-state index >= 15 is 0 Å². The minimum absolute atomic E-state index is 0.00755. The van der Waals surface area contributed by atoms with Crippen molar-refractivity contribution in [3.05, 3.63) is 0 Å². The number of hydrogen-bond acceptors (Lipinski definition) is 4. The van der Waals surface area contributed by atoms with Crippen LogP contribution < -0.4 is 16.1 Å². The van der Waals surface area contributed by atoms with Gasteiger partial charge in [-0.05, 0) is 25.7 Å². The molecule has 0 bridgehead atoms. The minimum Gasteiger partial charge on any atom is -0.281 e. The lowest BCUT2D eigenvalue weighted by atomic mass is 9.83. The summed E-state index contributed by atoms with van der Waals surface area (Å²) in [5.74, 6) is 0.890. The maximum atomic E-state index is 11.7. The summed E-state index contributed by atoms with van der Waals surface area (Å²) in [6.07, 6.45) is 4.73. The highest BCUT2D eigenvalue weighted by atomic mass is 16.2. The molecule has 2 saturated heterocycles. The first-order chi connectivity index (χ1) is 7.24. The van der Waals surface area contributed by atoms with Gasteiger partial charge in [-0.3, -0.25) is 15.4 Å². The molecule has 3 rings (SSSR count). The van der Waals surface area contributed by atoms with Crippen LogP contribution in [0.4, 0.5) is 0 Å². The predicted octanol–water partition coefficient (Wildman–Crippen LogP) is -0.286. The molecule has 2 heterocycles. The van der Waals surface area contributed by atoms with Crippen molar-refractivity contribution in [3.8, 4) is 0 Å². The molecule has 1 aliphatic carbocycles. The van der Waals surface area contributed by atoms with Gasteiger partial charge in [-0.15, -0.1) is 0 Å². The second-order valence-electron chi connectivity index (χ2n) is 4.90. The van der Waals surface area contributed by atoms with Gasteiger partial charge in [0.1, 0.15) is 0 Å². The predicted molar refractivity (Wildman–Crippen MR) is 55.2 cm³/mol. The van der Waals surface area contributed by atoms with Crippen molar-refractivity contribution in [3.63, 3.8) is 0 Å². The van der Waals surface area contributed by atoms with Crippen LogP contribution in [0.2, 0.25) is 0 Å². The van der Waals surface area contributed by atoms with Gasteiger partial charge in [0.2, 0.25) is 5.91 Å². The van der Waals surface area contributed by atoms with Gasteiger partial charge in [0, 0.05) is 12.5 Å². The number of hydrogen-bond donors (Lipinski definition) is 3. The van der Waals surface area contributed by atoms with Crippen molar-refractivity contribution in [1.29, 1.82) is 0 Å². The van der Waals surface area contributed by atoms with Gasteiger partial charge in [-0.25, -0.2) is 10.4 Å². The molecule has 3 unspecified atom stereocenters. The van der Waals surface area contributed by atoms with Gasteiger partial charge in [0.15, 0.2) is 6.29 Å². The summed E-state index contributed by atoms with van der Waals surface area (Å²) in [4.78, 5) is 11.7. The second kappa shape index (κ2) is 3.43. The molecular weight excluding hydrogens is 192 g/mol. The highest BCUT2D eigenvalue weighted by molar-refractivity contribution is 5.77. The van der Waals surface area contributed by atoms with Gasteiger partial charge in [-0.1, -0.05) is 6.42 Å².